The molecule has 1 aliphatic heterocycles. The Balaban J connectivity index is 1.33. The van der Waals surface area contributed by atoms with E-state index in [1.54, 1.807) is 44.2 Å². The van der Waals surface area contributed by atoms with Crippen LogP contribution in [0.25, 0.3) is 11.3 Å². The molecule has 2 heterocycles. The molecular weight excluding hydrogens is 589 g/mol. The highest BCUT2D eigenvalue weighted by Crippen LogP contribution is 2.32. The highest BCUT2D eigenvalue weighted by atomic mass is 19.1. The summed E-state index contributed by atoms with van der Waals surface area (Å²) >= 11 is 0. The molecule has 0 bridgehead atoms. The van der Waals surface area contributed by atoms with Crippen LogP contribution in [0, 0.1) is 12.7 Å². The number of nitrogens with zero attached hydrogens (tertiary/aromatic N) is 3. The number of methoxy groups -OCH3 is 1. The third kappa shape index (κ3) is 6.39. The molecule has 1 aromatic heterocycles. The van der Waals surface area contributed by atoms with Crippen LogP contribution in [0.15, 0.2) is 72.9 Å². The molecule has 0 unspecified atom stereocenters. The lowest BCUT2D eigenvalue weighted by atomic mass is 9.88. The smallest absolute Gasteiger partial charge is 0.337 e. The Kier molecular flexibility index (Phi) is 9.04. The van der Waals surface area contributed by atoms with Gasteiger partial charge in [0, 0.05) is 29.9 Å². The van der Waals surface area contributed by atoms with E-state index in [0.29, 0.717) is 41.2 Å². The van der Waals surface area contributed by atoms with Crippen molar-refractivity contribution >= 4 is 29.4 Å². The molecule has 11 heteroatoms. The van der Waals surface area contributed by atoms with Crippen LogP contribution in [0.2, 0.25) is 0 Å². The summed E-state index contributed by atoms with van der Waals surface area (Å²) in [6.45, 7) is 6.14. The number of anilines is 1. The number of hydrogen-bond acceptors (Lipinski definition) is 6. The zero-order chi connectivity index (χ0) is 33.2. The van der Waals surface area contributed by atoms with Gasteiger partial charge in [-0.05, 0) is 99.2 Å². The van der Waals surface area contributed by atoms with Crippen molar-refractivity contribution in [1.82, 2.24) is 14.7 Å². The number of nitrogens with one attached hydrogen (secondary N) is 1. The number of amides is 3. The molecule has 0 saturated carbocycles. The standard InChI is InChI=1S/C35H36FN5O5/c1-21-5-14-27(19-28(21)32(43)40-17-15-23(16-18-40)22-6-8-25(9-7-22)33(44)46-4)39-31(42)29-20-38-41(35(2,3)34(37)45)30(29)24-10-12-26(36)13-11-24/h5-14,19-20,23H,15-18H2,1-4H3,(H2,37,45)(H,39,42). The van der Waals surface area contributed by atoms with E-state index < -0.39 is 23.2 Å². The molecule has 1 fully saturated rings. The van der Waals surface area contributed by atoms with E-state index in [9.17, 15) is 23.6 Å². The number of aromatic nitrogens is 2. The van der Waals surface area contributed by atoms with Gasteiger partial charge in [0.25, 0.3) is 11.8 Å². The first-order chi connectivity index (χ1) is 21.9. The van der Waals surface area contributed by atoms with Gasteiger partial charge in [-0.3, -0.25) is 14.4 Å². The largest absolute Gasteiger partial charge is 0.465 e. The monoisotopic (exact) mass is 625 g/mol. The lowest BCUT2D eigenvalue weighted by molar-refractivity contribution is -0.125. The average Bonchev–Trinajstić information content (AvgIpc) is 3.52. The lowest BCUT2D eigenvalue weighted by Gasteiger charge is -2.32. The van der Waals surface area contributed by atoms with Gasteiger partial charge in [-0.25, -0.2) is 13.9 Å². The van der Waals surface area contributed by atoms with Crippen LogP contribution < -0.4 is 11.1 Å². The highest BCUT2D eigenvalue weighted by molar-refractivity contribution is 6.09. The Morgan fingerprint density at radius 1 is 0.957 bits per heavy atom. The van der Waals surface area contributed by atoms with E-state index >= 15 is 0 Å². The van der Waals surface area contributed by atoms with E-state index in [2.05, 4.69) is 10.4 Å². The summed E-state index contributed by atoms with van der Waals surface area (Å²) in [5, 5.41) is 7.17. The van der Waals surface area contributed by atoms with Crippen molar-refractivity contribution in [2.75, 3.05) is 25.5 Å². The fourth-order valence-electron chi connectivity index (χ4n) is 5.65. The third-order valence-corrected chi connectivity index (χ3v) is 8.58. The maximum atomic E-state index is 13.7. The third-order valence-electron chi connectivity index (χ3n) is 8.58. The fourth-order valence-corrected chi connectivity index (χ4v) is 5.65. The molecule has 0 radical (unpaired) electrons. The van der Waals surface area contributed by atoms with Crippen LogP contribution >= 0.6 is 0 Å². The number of esters is 1. The van der Waals surface area contributed by atoms with E-state index in [-0.39, 0.29) is 23.4 Å². The van der Waals surface area contributed by atoms with Gasteiger partial charge in [-0.2, -0.15) is 5.10 Å². The number of benzene rings is 3. The Labute approximate surface area is 266 Å². The second-order valence-corrected chi connectivity index (χ2v) is 11.9. The van der Waals surface area contributed by atoms with Crippen molar-refractivity contribution in [3.05, 3.63) is 107 Å². The van der Waals surface area contributed by atoms with Crippen molar-refractivity contribution in [2.45, 2.75) is 45.1 Å². The number of rotatable bonds is 8. The second-order valence-electron chi connectivity index (χ2n) is 11.9. The Morgan fingerprint density at radius 3 is 2.22 bits per heavy atom. The first-order valence-corrected chi connectivity index (χ1v) is 14.9. The van der Waals surface area contributed by atoms with E-state index in [4.69, 9.17) is 10.5 Å². The van der Waals surface area contributed by atoms with Crippen LogP contribution in [0.5, 0.6) is 0 Å². The number of carbonyl (C=O) groups is 4. The summed E-state index contributed by atoms with van der Waals surface area (Å²) in [5.41, 5.74) is 8.55. The SMILES string of the molecule is COC(=O)c1ccc(C2CCN(C(=O)c3cc(NC(=O)c4cnn(C(C)(C)C(N)=O)c4-c4ccc(F)cc4)ccc3C)CC2)cc1. The van der Waals surface area contributed by atoms with Gasteiger partial charge in [0.1, 0.15) is 11.4 Å². The summed E-state index contributed by atoms with van der Waals surface area (Å²) in [7, 11) is 1.35. The zero-order valence-electron chi connectivity index (χ0n) is 26.2. The summed E-state index contributed by atoms with van der Waals surface area (Å²) in [6.07, 6.45) is 2.89. The minimum absolute atomic E-state index is 0.129. The second kappa shape index (κ2) is 13.0. The summed E-state index contributed by atoms with van der Waals surface area (Å²) in [6, 6.07) is 18.0. The van der Waals surface area contributed by atoms with Crippen LogP contribution in [0.1, 0.15) is 74.8 Å². The predicted octanol–water partition coefficient (Wildman–Crippen LogP) is 5.28. The number of piperidine rings is 1. The molecular formula is C35H36FN5O5. The number of likely N-dealkylation sites (tertiary alicyclic amines) is 1. The van der Waals surface area contributed by atoms with Crippen LogP contribution in [-0.4, -0.2) is 58.6 Å². The fraction of sp³-hybridized carbons (Fsp3) is 0.286. The van der Waals surface area contributed by atoms with Crippen LogP contribution in [0.4, 0.5) is 10.1 Å². The summed E-state index contributed by atoms with van der Waals surface area (Å²) in [4.78, 5) is 53.1. The molecule has 4 aromatic rings. The van der Waals surface area contributed by atoms with Gasteiger partial charge in [0.05, 0.1) is 30.1 Å². The van der Waals surface area contributed by atoms with Crippen molar-refractivity contribution in [3.8, 4) is 11.3 Å². The number of halogens is 1. The molecule has 0 spiro atoms. The van der Waals surface area contributed by atoms with Gasteiger partial charge >= 0.3 is 5.97 Å². The van der Waals surface area contributed by atoms with E-state index in [1.165, 1.54) is 42.3 Å². The molecule has 10 nitrogen and oxygen atoms in total. The minimum Gasteiger partial charge on any atom is -0.465 e. The lowest BCUT2D eigenvalue weighted by Crippen LogP contribution is -2.42. The molecule has 46 heavy (non-hydrogen) atoms. The van der Waals surface area contributed by atoms with Gasteiger partial charge in [0.2, 0.25) is 5.91 Å². The highest BCUT2D eigenvalue weighted by Gasteiger charge is 2.33. The van der Waals surface area contributed by atoms with Crippen molar-refractivity contribution in [2.24, 2.45) is 5.73 Å². The predicted molar refractivity (Wildman–Crippen MR) is 171 cm³/mol. The van der Waals surface area contributed by atoms with Gasteiger partial charge in [0.15, 0.2) is 0 Å². The minimum atomic E-state index is -1.29. The number of aryl methyl sites for hydroxylation is 1. The number of hydrogen-bond donors (Lipinski definition) is 2. The van der Waals surface area contributed by atoms with Crippen molar-refractivity contribution in [1.29, 1.82) is 0 Å². The summed E-state index contributed by atoms with van der Waals surface area (Å²) < 4.78 is 19.9. The molecule has 3 amide bonds. The van der Waals surface area contributed by atoms with Crippen molar-refractivity contribution in [3.63, 3.8) is 0 Å². The van der Waals surface area contributed by atoms with E-state index in [1.807, 2.05) is 24.0 Å². The summed E-state index contributed by atoms with van der Waals surface area (Å²) in [5.74, 6) is -1.88. The maximum Gasteiger partial charge on any atom is 0.337 e. The average molecular weight is 626 g/mol. The zero-order valence-corrected chi connectivity index (χ0v) is 26.2. The molecule has 0 atom stereocenters. The molecule has 3 N–H and O–H groups in total. The number of ether oxygens (including phenoxy) is 1. The van der Waals surface area contributed by atoms with Crippen LogP contribution in [-0.2, 0) is 15.1 Å². The Hall–Kier alpha value is -5.32. The van der Waals surface area contributed by atoms with E-state index in [0.717, 1.165) is 24.0 Å². The van der Waals surface area contributed by atoms with Gasteiger partial charge in [-0.15, -0.1) is 0 Å². The van der Waals surface area contributed by atoms with Gasteiger partial charge in [-0.1, -0.05) is 18.2 Å². The molecule has 1 saturated heterocycles. The molecule has 1 aliphatic rings. The topological polar surface area (TPSA) is 137 Å². The number of carbonyl (C=O) groups excluding carboxylic acids is 4. The number of nitrogens with two attached hydrogens (primary N) is 1. The number of primary amides is 1. The van der Waals surface area contributed by atoms with Crippen LogP contribution in [0.3, 0.4) is 0 Å². The van der Waals surface area contributed by atoms with Gasteiger partial charge < -0.3 is 20.7 Å². The van der Waals surface area contributed by atoms with Crippen molar-refractivity contribution < 1.29 is 28.3 Å². The first-order valence-electron chi connectivity index (χ1n) is 14.9. The first kappa shape index (κ1) is 32.1. The maximum absolute atomic E-state index is 13.7. The molecule has 0 aliphatic carbocycles. The molecule has 5 rings (SSSR count). The molecule has 3 aromatic carbocycles. The quantitative estimate of drug-likeness (QED) is 0.256. The Morgan fingerprint density at radius 2 is 1.61 bits per heavy atom. The molecule has 238 valence electrons. The Bertz CT molecular complexity index is 1790. The normalized spacial score (nSPS) is 13.7.